The van der Waals surface area contributed by atoms with E-state index in [4.69, 9.17) is 17.3 Å². The second-order valence-electron chi connectivity index (χ2n) is 5.63. The van der Waals surface area contributed by atoms with Gasteiger partial charge in [-0.15, -0.1) is 0 Å². The fraction of sp³-hybridized carbons (Fsp3) is 0.158. The maximum absolute atomic E-state index is 13.0. The van der Waals surface area contributed by atoms with Crippen LogP contribution in [0, 0.1) is 0 Å². The maximum atomic E-state index is 13.0. The van der Waals surface area contributed by atoms with Gasteiger partial charge in [0.15, 0.2) is 0 Å². The maximum Gasteiger partial charge on any atom is 0.130 e. The first-order valence-corrected chi connectivity index (χ1v) is 8.26. The van der Waals surface area contributed by atoms with E-state index >= 15 is 0 Å². The highest BCUT2D eigenvalue weighted by molar-refractivity contribution is 6.31. The number of rotatable bonds is 6. The number of anilines is 1. The van der Waals surface area contributed by atoms with Crippen LogP contribution in [0.1, 0.15) is 17.2 Å². The van der Waals surface area contributed by atoms with Crippen LogP contribution in [0.5, 0.6) is 0 Å². The van der Waals surface area contributed by atoms with Crippen molar-refractivity contribution in [3.63, 3.8) is 0 Å². The van der Waals surface area contributed by atoms with Gasteiger partial charge < -0.3 is 11.1 Å². The molecular weight excluding hydrogens is 339 g/mol. The Bertz CT molecular complexity index is 842. The van der Waals surface area contributed by atoms with Crippen molar-refractivity contribution in [3.8, 4) is 11.3 Å². The zero-order valence-electron chi connectivity index (χ0n) is 13.5. The summed E-state index contributed by atoms with van der Waals surface area (Å²) < 4.78 is 13.0. The zero-order chi connectivity index (χ0) is 17.6. The van der Waals surface area contributed by atoms with Crippen LogP contribution >= 0.6 is 11.6 Å². The number of hydrogen-bond acceptors (Lipinski definition) is 4. The Kier molecular flexibility index (Phi) is 5.58. The number of halogens is 2. The van der Waals surface area contributed by atoms with E-state index in [0.717, 1.165) is 11.1 Å². The van der Waals surface area contributed by atoms with Gasteiger partial charge >= 0.3 is 0 Å². The van der Waals surface area contributed by atoms with Gasteiger partial charge in [-0.1, -0.05) is 48.0 Å². The molecule has 0 radical (unpaired) electrons. The second-order valence-corrected chi connectivity index (χ2v) is 6.03. The lowest BCUT2D eigenvalue weighted by molar-refractivity contribution is 0.485. The predicted molar refractivity (Wildman–Crippen MR) is 99.2 cm³/mol. The topological polar surface area (TPSA) is 63.8 Å². The molecule has 0 aliphatic rings. The van der Waals surface area contributed by atoms with E-state index < -0.39 is 6.67 Å². The number of alkyl halides is 1. The highest BCUT2D eigenvalue weighted by Crippen LogP contribution is 2.25. The van der Waals surface area contributed by atoms with Crippen molar-refractivity contribution in [1.29, 1.82) is 0 Å². The lowest BCUT2D eigenvalue weighted by atomic mass is 10.1. The van der Waals surface area contributed by atoms with Gasteiger partial charge in [-0.25, -0.2) is 14.4 Å². The largest absolute Gasteiger partial charge is 0.368 e. The molecule has 0 unspecified atom stereocenters. The molecule has 0 aliphatic heterocycles. The Balaban J connectivity index is 1.73. The highest BCUT2D eigenvalue weighted by atomic mass is 35.5. The molecule has 3 aromatic rings. The molecule has 0 bridgehead atoms. The van der Waals surface area contributed by atoms with Crippen LogP contribution in [0.4, 0.5) is 10.2 Å². The fourth-order valence-electron chi connectivity index (χ4n) is 2.48. The molecule has 0 aliphatic carbocycles. The Morgan fingerprint density at radius 1 is 1.08 bits per heavy atom. The lowest BCUT2D eigenvalue weighted by Crippen LogP contribution is -2.20. The van der Waals surface area contributed by atoms with Crippen molar-refractivity contribution in [3.05, 3.63) is 77.1 Å². The van der Waals surface area contributed by atoms with E-state index in [9.17, 15) is 4.39 Å². The third-order valence-corrected chi connectivity index (χ3v) is 4.25. The summed E-state index contributed by atoms with van der Waals surface area (Å²) >= 11 is 5.96. The number of aromatic nitrogens is 2. The number of benzene rings is 2. The summed E-state index contributed by atoms with van der Waals surface area (Å²) in [7, 11) is 0. The third-order valence-electron chi connectivity index (χ3n) is 3.88. The van der Waals surface area contributed by atoms with Gasteiger partial charge in [0.1, 0.15) is 18.8 Å². The van der Waals surface area contributed by atoms with Crippen molar-refractivity contribution in [2.24, 2.45) is 5.73 Å². The summed E-state index contributed by atoms with van der Waals surface area (Å²) in [5.74, 6) is 0.660. The van der Waals surface area contributed by atoms with Crippen molar-refractivity contribution in [2.45, 2.75) is 12.7 Å². The molecular formula is C19H18ClFN4. The van der Waals surface area contributed by atoms with E-state index in [1.54, 1.807) is 12.1 Å². The molecule has 0 amide bonds. The summed E-state index contributed by atoms with van der Waals surface area (Å²) in [6.07, 6.45) is 1.47. The molecule has 25 heavy (non-hydrogen) atoms. The average Bonchev–Trinajstić information content (AvgIpc) is 2.67. The van der Waals surface area contributed by atoms with Crippen molar-refractivity contribution in [1.82, 2.24) is 9.97 Å². The summed E-state index contributed by atoms with van der Waals surface area (Å²) in [5, 5.41) is 3.63. The summed E-state index contributed by atoms with van der Waals surface area (Å²) in [4.78, 5) is 8.46. The van der Waals surface area contributed by atoms with Crippen LogP contribution in [-0.2, 0) is 6.67 Å². The Morgan fingerprint density at radius 3 is 2.64 bits per heavy atom. The van der Waals surface area contributed by atoms with Crippen molar-refractivity contribution in [2.75, 3.05) is 11.9 Å². The Morgan fingerprint density at radius 2 is 1.88 bits per heavy atom. The van der Waals surface area contributed by atoms with Crippen molar-refractivity contribution >= 4 is 17.4 Å². The smallest absolute Gasteiger partial charge is 0.130 e. The van der Waals surface area contributed by atoms with Crippen LogP contribution in [0.25, 0.3) is 11.3 Å². The Hall–Kier alpha value is -2.50. The van der Waals surface area contributed by atoms with E-state index in [0.29, 0.717) is 28.6 Å². The first-order chi connectivity index (χ1) is 12.2. The van der Waals surface area contributed by atoms with Gasteiger partial charge in [0.25, 0.3) is 0 Å². The third kappa shape index (κ3) is 4.32. The molecule has 0 saturated heterocycles. The molecule has 0 fully saturated rings. The van der Waals surface area contributed by atoms with Gasteiger partial charge in [-0.3, -0.25) is 0 Å². The van der Waals surface area contributed by atoms with E-state index in [1.807, 2.05) is 42.5 Å². The molecule has 4 nitrogen and oxygen atoms in total. The lowest BCUT2D eigenvalue weighted by Gasteiger charge is -2.14. The number of nitrogens with one attached hydrogen (secondary N) is 1. The standard InChI is InChI=1S/C19H18ClFN4/c20-16-7-6-14(8-15(16)10-21)18-9-19(25-12-24-18)23-11-17(22)13-4-2-1-3-5-13/h1-9,12,17H,10-11,22H2,(H,23,24,25)/t17-/m0/s1. The SMILES string of the molecule is N[C@@H](CNc1cc(-c2ccc(Cl)c(CF)c2)ncn1)c1ccccc1. The van der Waals surface area contributed by atoms with Gasteiger partial charge in [-0.05, 0) is 17.7 Å². The monoisotopic (exact) mass is 356 g/mol. The van der Waals surface area contributed by atoms with Gasteiger partial charge in [-0.2, -0.15) is 0 Å². The summed E-state index contributed by atoms with van der Waals surface area (Å²) in [6.45, 7) is -0.0778. The molecule has 128 valence electrons. The average molecular weight is 357 g/mol. The van der Waals surface area contributed by atoms with Crippen LogP contribution in [-0.4, -0.2) is 16.5 Å². The second kappa shape index (κ2) is 8.05. The van der Waals surface area contributed by atoms with Crippen LogP contribution in [0.2, 0.25) is 5.02 Å². The minimum absolute atomic E-state index is 0.145. The molecule has 0 spiro atoms. The Labute approximate surface area is 150 Å². The summed E-state index contributed by atoms with van der Waals surface area (Å²) in [5.41, 5.74) is 9.16. The molecule has 3 rings (SSSR count). The van der Waals surface area contributed by atoms with E-state index in [-0.39, 0.29) is 6.04 Å². The van der Waals surface area contributed by atoms with Gasteiger partial charge in [0.05, 0.1) is 5.69 Å². The molecule has 1 atom stereocenters. The zero-order valence-corrected chi connectivity index (χ0v) is 14.2. The first-order valence-electron chi connectivity index (χ1n) is 7.88. The quantitative estimate of drug-likeness (QED) is 0.688. The molecule has 2 aromatic carbocycles. The van der Waals surface area contributed by atoms with Gasteiger partial charge in [0, 0.05) is 34.8 Å². The van der Waals surface area contributed by atoms with Crippen LogP contribution in [0.3, 0.4) is 0 Å². The molecule has 3 N–H and O–H groups in total. The predicted octanol–water partition coefficient (Wildman–Crippen LogP) is 4.38. The van der Waals surface area contributed by atoms with Crippen molar-refractivity contribution < 1.29 is 4.39 Å². The van der Waals surface area contributed by atoms with Crippen LogP contribution < -0.4 is 11.1 Å². The molecule has 6 heteroatoms. The minimum Gasteiger partial charge on any atom is -0.368 e. The number of nitrogens with two attached hydrogens (primary N) is 1. The van der Waals surface area contributed by atoms with E-state index in [1.165, 1.54) is 6.33 Å². The minimum atomic E-state index is -0.616. The first kappa shape index (κ1) is 17.3. The molecule has 1 heterocycles. The van der Waals surface area contributed by atoms with Gasteiger partial charge in [0.2, 0.25) is 0 Å². The number of nitrogens with zero attached hydrogens (tertiary/aromatic N) is 2. The van der Waals surface area contributed by atoms with E-state index in [2.05, 4.69) is 15.3 Å². The normalized spacial score (nSPS) is 12.0. The number of hydrogen-bond donors (Lipinski definition) is 2. The fourth-order valence-corrected chi connectivity index (χ4v) is 2.65. The molecule has 1 aromatic heterocycles. The summed E-state index contributed by atoms with van der Waals surface area (Å²) in [6, 6.07) is 16.7. The highest BCUT2D eigenvalue weighted by Gasteiger charge is 2.08. The molecule has 0 saturated carbocycles. The van der Waals surface area contributed by atoms with Crippen LogP contribution in [0.15, 0.2) is 60.9 Å².